The smallest absolute Gasteiger partial charge is 0.421 e. The summed E-state index contributed by atoms with van der Waals surface area (Å²) in [5, 5.41) is 0. The van der Waals surface area contributed by atoms with Gasteiger partial charge in [0.25, 0.3) is 0 Å². The molecule has 3 rings (SSSR count). The van der Waals surface area contributed by atoms with Crippen molar-refractivity contribution in [3.63, 3.8) is 0 Å². The Morgan fingerprint density at radius 2 is 2.00 bits per heavy atom. The molecule has 24 heavy (non-hydrogen) atoms. The number of nitrogens with zero attached hydrogens (tertiary/aromatic N) is 1. The monoisotopic (exact) mass is 334 g/mol. The number of hydrogen-bond acceptors (Lipinski definition) is 7. The lowest BCUT2D eigenvalue weighted by atomic mass is 10.1. The Labute approximate surface area is 140 Å². The number of nitrogens with two attached hydrogens (primary N) is 1. The molecule has 0 atom stereocenters. The third-order valence-corrected chi connectivity index (χ3v) is 4.21. The van der Waals surface area contributed by atoms with Crippen LogP contribution in [0.5, 0.6) is 5.75 Å². The third kappa shape index (κ3) is 3.52. The van der Waals surface area contributed by atoms with Gasteiger partial charge in [-0.3, -0.25) is 0 Å². The molecule has 0 unspecified atom stereocenters. The largest absolute Gasteiger partial charge is 0.494 e. The SMILES string of the molecule is NCCCOc1cccc(CN2CCCCC23OC(=O)C(=O)O3)c1. The van der Waals surface area contributed by atoms with Crippen molar-refractivity contribution < 1.29 is 23.8 Å². The van der Waals surface area contributed by atoms with Gasteiger partial charge in [-0.15, -0.1) is 0 Å². The molecule has 0 aliphatic carbocycles. The molecule has 1 aromatic carbocycles. The molecule has 0 aromatic heterocycles. The van der Waals surface area contributed by atoms with Gasteiger partial charge >= 0.3 is 17.8 Å². The van der Waals surface area contributed by atoms with E-state index < -0.39 is 17.8 Å². The zero-order valence-electron chi connectivity index (χ0n) is 13.5. The normalized spacial score (nSPS) is 20.0. The van der Waals surface area contributed by atoms with Gasteiger partial charge in [0, 0.05) is 19.5 Å². The van der Waals surface area contributed by atoms with Crippen LogP contribution in [0.1, 0.15) is 31.2 Å². The number of ether oxygens (including phenoxy) is 3. The van der Waals surface area contributed by atoms with E-state index in [4.69, 9.17) is 19.9 Å². The Hall–Kier alpha value is -2.12. The second kappa shape index (κ2) is 7.19. The number of rotatable bonds is 6. The van der Waals surface area contributed by atoms with E-state index in [1.54, 1.807) is 0 Å². The highest BCUT2D eigenvalue weighted by molar-refractivity contribution is 6.31. The summed E-state index contributed by atoms with van der Waals surface area (Å²) in [6, 6.07) is 7.71. The molecule has 1 aromatic rings. The van der Waals surface area contributed by atoms with Gasteiger partial charge in [-0.25, -0.2) is 14.5 Å². The fraction of sp³-hybridized carbons (Fsp3) is 0.529. The Bertz CT molecular complexity index is 603. The average Bonchev–Trinajstić information content (AvgIpc) is 2.85. The highest BCUT2D eigenvalue weighted by Gasteiger charge is 2.53. The summed E-state index contributed by atoms with van der Waals surface area (Å²) < 4.78 is 16.2. The fourth-order valence-electron chi connectivity index (χ4n) is 3.03. The lowest BCUT2D eigenvalue weighted by Gasteiger charge is -2.40. The second-order valence-electron chi connectivity index (χ2n) is 6.01. The molecule has 2 heterocycles. The zero-order chi connectivity index (χ0) is 17.0. The van der Waals surface area contributed by atoms with Crippen molar-refractivity contribution in [1.82, 2.24) is 4.90 Å². The molecule has 0 bridgehead atoms. The summed E-state index contributed by atoms with van der Waals surface area (Å²) in [7, 11) is 0. The molecule has 2 fully saturated rings. The van der Waals surface area contributed by atoms with E-state index in [0.29, 0.717) is 32.7 Å². The van der Waals surface area contributed by atoms with E-state index in [2.05, 4.69) is 0 Å². The quantitative estimate of drug-likeness (QED) is 0.474. The molecule has 130 valence electrons. The minimum atomic E-state index is -1.25. The van der Waals surface area contributed by atoms with Gasteiger partial charge in [-0.05, 0) is 43.5 Å². The van der Waals surface area contributed by atoms with Gasteiger partial charge < -0.3 is 19.9 Å². The molecular formula is C17H22N2O5. The van der Waals surface area contributed by atoms with Crippen molar-refractivity contribution in [3.8, 4) is 5.75 Å². The van der Waals surface area contributed by atoms with Gasteiger partial charge in [0.05, 0.1) is 6.61 Å². The average molecular weight is 334 g/mol. The standard InChI is InChI=1S/C17H22N2O5/c18-8-4-10-22-14-6-3-5-13(11-14)12-19-9-2-1-7-17(19)23-15(20)16(21)24-17/h3,5-6,11H,1-2,4,7-10,12,18H2. The van der Waals surface area contributed by atoms with Crippen molar-refractivity contribution in [2.24, 2.45) is 5.73 Å². The summed E-state index contributed by atoms with van der Waals surface area (Å²) >= 11 is 0. The molecule has 2 aliphatic rings. The minimum absolute atomic E-state index is 0.497. The highest BCUT2D eigenvalue weighted by Crippen LogP contribution is 2.36. The van der Waals surface area contributed by atoms with Crippen molar-refractivity contribution in [1.29, 1.82) is 0 Å². The van der Waals surface area contributed by atoms with Crippen molar-refractivity contribution >= 4 is 11.9 Å². The Morgan fingerprint density at radius 1 is 1.21 bits per heavy atom. The molecule has 0 radical (unpaired) electrons. The van der Waals surface area contributed by atoms with E-state index in [-0.39, 0.29) is 0 Å². The zero-order valence-corrected chi connectivity index (χ0v) is 13.5. The lowest BCUT2D eigenvalue weighted by molar-refractivity contribution is -0.266. The van der Waals surface area contributed by atoms with E-state index in [1.165, 1.54) is 0 Å². The number of esters is 2. The van der Waals surface area contributed by atoms with Gasteiger partial charge in [0.1, 0.15) is 5.75 Å². The number of benzene rings is 1. The lowest BCUT2D eigenvalue weighted by Crippen LogP contribution is -2.52. The van der Waals surface area contributed by atoms with E-state index >= 15 is 0 Å². The van der Waals surface area contributed by atoms with Crippen LogP contribution in [-0.4, -0.2) is 42.4 Å². The number of carbonyl (C=O) groups excluding carboxylic acids is 2. The predicted octanol–water partition coefficient (Wildman–Crippen LogP) is 1.15. The number of piperidine rings is 1. The van der Waals surface area contributed by atoms with E-state index in [9.17, 15) is 9.59 Å². The Kier molecular flexibility index (Phi) is 5.01. The minimum Gasteiger partial charge on any atom is -0.494 e. The molecule has 2 saturated heterocycles. The summed E-state index contributed by atoms with van der Waals surface area (Å²) in [5.41, 5.74) is 6.47. The topological polar surface area (TPSA) is 91.1 Å². The summed E-state index contributed by atoms with van der Waals surface area (Å²) in [6.45, 7) is 2.36. The first-order valence-corrected chi connectivity index (χ1v) is 8.26. The summed E-state index contributed by atoms with van der Waals surface area (Å²) in [5.74, 6) is -2.31. The Balaban J connectivity index is 1.71. The first kappa shape index (κ1) is 16.7. The van der Waals surface area contributed by atoms with Crippen LogP contribution in [0, 0.1) is 0 Å². The second-order valence-corrected chi connectivity index (χ2v) is 6.01. The molecule has 1 spiro atoms. The van der Waals surface area contributed by atoms with Gasteiger partial charge in [0.2, 0.25) is 0 Å². The van der Waals surface area contributed by atoms with Crippen LogP contribution in [-0.2, 0) is 25.6 Å². The van der Waals surface area contributed by atoms with Crippen LogP contribution < -0.4 is 10.5 Å². The van der Waals surface area contributed by atoms with Crippen LogP contribution >= 0.6 is 0 Å². The van der Waals surface area contributed by atoms with Crippen molar-refractivity contribution in [3.05, 3.63) is 29.8 Å². The first-order chi connectivity index (χ1) is 11.6. The highest BCUT2D eigenvalue weighted by atomic mass is 16.8. The van der Waals surface area contributed by atoms with E-state index in [0.717, 1.165) is 30.6 Å². The van der Waals surface area contributed by atoms with Crippen LogP contribution in [0.4, 0.5) is 0 Å². The molecule has 7 nitrogen and oxygen atoms in total. The van der Waals surface area contributed by atoms with Crippen LogP contribution in [0.3, 0.4) is 0 Å². The molecule has 0 saturated carbocycles. The summed E-state index contributed by atoms with van der Waals surface area (Å²) in [6.07, 6.45) is 3.10. The van der Waals surface area contributed by atoms with Gasteiger partial charge in [-0.2, -0.15) is 0 Å². The van der Waals surface area contributed by atoms with Gasteiger partial charge in [-0.1, -0.05) is 12.1 Å². The first-order valence-electron chi connectivity index (χ1n) is 8.26. The van der Waals surface area contributed by atoms with Gasteiger partial charge in [0.15, 0.2) is 0 Å². The maximum absolute atomic E-state index is 11.5. The van der Waals surface area contributed by atoms with Crippen LogP contribution in [0.2, 0.25) is 0 Å². The molecule has 2 N–H and O–H groups in total. The fourth-order valence-corrected chi connectivity index (χ4v) is 3.03. The Morgan fingerprint density at radius 3 is 2.75 bits per heavy atom. The molecule has 7 heteroatoms. The number of hydrogen-bond donors (Lipinski definition) is 1. The third-order valence-electron chi connectivity index (χ3n) is 4.21. The van der Waals surface area contributed by atoms with Crippen LogP contribution in [0.15, 0.2) is 24.3 Å². The molecular weight excluding hydrogens is 312 g/mol. The number of carbonyl (C=O) groups is 2. The predicted molar refractivity (Wildman–Crippen MR) is 84.8 cm³/mol. The number of likely N-dealkylation sites (tertiary alicyclic amines) is 1. The van der Waals surface area contributed by atoms with Crippen LogP contribution in [0.25, 0.3) is 0 Å². The molecule has 2 aliphatic heterocycles. The maximum Gasteiger partial charge on any atom is 0.421 e. The molecule has 0 amide bonds. The van der Waals surface area contributed by atoms with Crippen molar-refractivity contribution in [2.75, 3.05) is 19.7 Å². The van der Waals surface area contributed by atoms with Crippen molar-refractivity contribution in [2.45, 2.75) is 38.1 Å². The van der Waals surface area contributed by atoms with E-state index in [1.807, 2.05) is 29.2 Å². The maximum atomic E-state index is 11.5. The summed E-state index contributed by atoms with van der Waals surface area (Å²) in [4.78, 5) is 24.9.